The van der Waals surface area contributed by atoms with E-state index in [9.17, 15) is 36.0 Å². The number of nitrogens with one attached hydrogen (secondary N) is 3. The number of guanidine groups is 1. The summed E-state index contributed by atoms with van der Waals surface area (Å²) in [6.07, 6.45) is -5.08. The second kappa shape index (κ2) is 14.4. The molecule has 220 valence electrons. The first-order chi connectivity index (χ1) is 18.4. The highest BCUT2D eigenvalue weighted by Gasteiger charge is 2.38. The Labute approximate surface area is 225 Å². The zero-order valence-corrected chi connectivity index (χ0v) is 21.8. The van der Waals surface area contributed by atoms with Crippen molar-refractivity contribution in [3.63, 3.8) is 0 Å². The van der Waals surface area contributed by atoms with Crippen LogP contribution in [0.2, 0.25) is 0 Å². The summed E-state index contributed by atoms with van der Waals surface area (Å²) in [6.45, 7) is 2.70. The first-order valence-corrected chi connectivity index (χ1v) is 12.3. The Bertz CT molecular complexity index is 1400. The minimum Gasteiger partial charge on any atom is -0.475 e. The van der Waals surface area contributed by atoms with Gasteiger partial charge in [0.2, 0.25) is 17.8 Å². The molecular formula is C21H26F3N7O8S. The van der Waals surface area contributed by atoms with Crippen molar-refractivity contribution in [1.29, 1.82) is 0 Å². The average molecular weight is 594 g/mol. The molecule has 15 nitrogen and oxygen atoms in total. The van der Waals surface area contributed by atoms with Crippen molar-refractivity contribution in [3.8, 4) is 0 Å². The van der Waals surface area contributed by atoms with Crippen LogP contribution in [-0.2, 0) is 35.8 Å². The number of aromatic nitrogens is 1. The summed E-state index contributed by atoms with van der Waals surface area (Å²) in [5.74, 6) is -3.81. The normalized spacial score (nSPS) is 10.8. The van der Waals surface area contributed by atoms with Crippen LogP contribution >= 0.6 is 0 Å². The number of amides is 2. The van der Waals surface area contributed by atoms with E-state index in [1.807, 2.05) is 0 Å². The van der Waals surface area contributed by atoms with E-state index in [2.05, 4.69) is 20.5 Å². The molecular weight excluding hydrogens is 567 g/mol. The van der Waals surface area contributed by atoms with E-state index in [1.54, 1.807) is 6.92 Å². The summed E-state index contributed by atoms with van der Waals surface area (Å²) in [5.41, 5.74) is 10.2. The molecule has 0 bridgehead atoms. The van der Waals surface area contributed by atoms with Gasteiger partial charge in [0, 0.05) is 18.3 Å². The van der Waals surface area contributed by atoms with Crippen molar-refractivity contribution in [2.45, 2.75) is 31.5 Å². The van der Waals surface area contributed by atoms with Gasteiger partial charge in [0.1, 0.15) is 18.8 Å². The van der Waals surface area contributed by atoms with Gasteiger partial charge in [-0.3, -0.25) is 19.1 Å². The quantitative estimate of drug-likeness (QED) is 0.0923. The van der Waals surface area contributed by atoms with E-state index in [0.29, 0.717) is 11.4 Å². The first kappa shape index (κ1) is 33.2. The summed E-state index contributed by atoms with van der Waals surface area (Å²) in [6, 6.07) is 8.25. The second-order valence-electron chi connectivity index (χ2n) is 7.59. The highest BCUT2D eigenvalue weighted by molar-refractivity contribution is 7.92. The fourth-order valence-corrected chi connectivity index (χ4v) is 3.68. The Morgan fingerprint density at radius 3 is 2.17 bits per heavy atom. The molecule has 1 aromatic carbocycles. The summed E-state index contributed by atoms with van der Waals surface area (Å²) >= 11 is 0. The lowest BCUT2D eigenvalue weighted by atomic mass is 10.3. The maximum Gasteiger partial charge on any atom is 0.490 e. The van der Waals surface area contributed by atoms with Crippen LogP contribution in [0, 0.1) is 6.92 Å². The summed E-state index contributed by atoms with van der Waals surface area (Å²) in [7, 11) is -4.09. The molecule has 0 aliphatic rings. The molecule has 0 atom stereocenters. The zero-order chi connectivity index (χ0) is 30.7. The molecule has 0 unspecified atom stereocenters. The number of carboxylic acid groups (broad SMARTS) is 1. The number of carbonyl (C=O) groups is 3. The molecule has 8 N–H and O–H groups in total. The number of oxime groups is 1. The highest BCUT2D eigenvalue weighted by atomic mass is 32.2. The Morgan fingerprint density at radius 2 is 1.68 bits per heavy atom. The van der Waals surface area contributed by atoms with Gasteiger partial charge in [-0.2, -0.15) is 13.2 Å². The topological polar surface area (TPSA) is 237 Å². The molecule has 2 amide bonds. The van der Waals surface area contributed by atoms with Crippen LogP contribution in [0.15, 0.2) is 51.2 Å². The fraction of sp³-hybridized carbons (Fsp3) is 0.286. The van der Waals surface area contributed by atoms with Crippen LogP contribution in [-0.4, -0.2) is 61.2 Å². The van der Waals surface area contributed by atoms with Crippen LogP contribution in [0.3, 0.4) is 0 Å². The summed E-state index contributed by atoms with van der Waals surface area (Å²) < 4.78 is 60.5. The number of benzene rings is 1. The molecule has 1 aromatic heterocycles. The largest absolute Gasteiger partial charge is 0.490 e. The van der Waals surface area contributed by atoms with Gasteiger partial charge in [0.05, 0.1) is 11.4 Å². The smallest absolute Gasteiger partial charge is 0.475 e. The van der Waals surface area contributed by atoms with E-state index in [0.717, 1.165) is 4.57 Å². The van der Waals surface area contributed by atoms with E-state index in [1.165, 1.54) is 43.3 Å². The zero-order valence-electron chi connectivity index (χ0n) is 21.0. The third kappa shape index (κ3) is 11.3. The van der Waals surface area contributed by atoms with Crippen LogP contribution in [0.1, 0.15) is 12.6 Å². The SMILES string of the molecule is CC(=O)Nc1ccc(S(=O)(=O)Nc2ccc(C)n(CC(=O)NCCON=C(N)N)c2=O)cc1.O=C(O)C(F)(F)F. The van der Waals surface area contributed by atoms with Gasteiger partial charge in [-0.15, -0.1) is 0 Å². The van der Waals surface area contributed by atoms with Crippen LogP contribution in [0.4, 0.5) is 24.5 Å². The third-order valence-corrected chi connectivity index (χ3v) is 5.73. The lowest BCUT2D eigenvalue weighted by Gasteiger charge is -2.14. The number of halogens is 3. The van der Waals surface area contributed by atoms with E-state index >= 15 is 0 Å². The number of carbonyl (C=O) groups excluding carboxylic acids is 2. The van der Waals surface area contributed by atoms with Crippen molar-refractivity contribution < 1.29 is 45.9 Å². The van der Waals surface area contributed by atoms with Gasteiger partial charge in [0.15, 0.2) is 0 Å². The number of nitrogens with zero attached hydrogens (tertiary/aromatic N) is 2. The molecule has 0 saturated heterocycles. The Kier molecular flexibility index (Phi) is 11.9. The molecule has 2 aromatic rings. The molecule has 2 rings (SSSR count). The number of sulfonamides is 1. The maximum atomic E-state index is 12.8. The molecule has 0 saturated carbocycles. The predicted octanol–water partition coefficient (Wildman–Crippen LogP) is -0.130. The van der Waals surface area contributed by atoms with Gasteiger partial charge >= 0.3 is 12.1 Å². The van der Waals surface area contributed by atoms with Crippen LogP contribution in [0.5, 0.6) is 0 Å². The molecule has 0 aliphatic carbocycles. The Hall–Kier alpha value is -4.81. The minimum atomic E-state index is -5.08. The monoisotopic (exact) mass is 593 g/mol. The van der Waals surface area contributed by atoms with E-state index in [4.69, 9.17) is 26.2 Å². The van der Waals surface area contributed by atoms with Crippen molar-refractivity contribution in [2.75, 3.05) is 23.2 Å². The number of aliphatic carboxylic acids is 1. The molecule has 19 heteroatoms. The molecule has 1 heterocycles. The predicted molar refractivity (Wildman–Crippen MR) is 135 cm³/mol. The molecule has 40 heavy (non-hydrogen) atoms. The van der Waals surface area contributed by atoms with Crippen molar-refractivity contribution in [1.82, 2.24) is 9.88 Å². The van der Waals surface area contributed by atoms with Crippen molar-refractivity contribution >= 4 is 45.1 Å². The van der Waals surface area contributed by atoms with Crippen molar-refractivity contribution in [2.24, 2.45) is 16.6 Å². The molecule has 0 fully saturated rings. The number of nitrogens with two attached hydrogens (primary N) is 2. The van der Waals surface area contributed by atoms with Crippen molar-refractivity contribution in [3.05, 3.63) is 52.4 Å². The maximum absolute atomic E-state index is 12.8. The lowest BCUT2D eigenvalue weighted by molar-refractivity contribution is -0.192. The van der Waals surface area contributed by atoms with E-state index < -0.39 is 33.6 Å². The number of anilines is 2. The number of hydrogen-bond acceptors (Lipinski definition) is 8. The molecule has 0 radical (unpaired) electrons. The summed E-state index contributed by atoms with van der Waals surface area (Å²) in [5, 5.41) is 15.5. The van der Waals surface area contributed by atoms with Gasteiger partial charge in [-0.1, -0.05) is 0 Å². The second-order valence-corrected chi connectivity index (χ2v) is 9.28. The van der Waals surface area contributed by atoms with E-state index in [-0.39, 0.29) is 42.1 Å². The van der Waals surface area contributed by atoms with Gasteiger partial charge in [0.25, 0.3) is 15.6 Å². The summed E-state index contributed by atoms with van der Waals surface area (Å²) in [4.78, 5) is 49.6. The first-order valence-electron chi connectivity index (χ1n) is 10.8. The number of hydrogen-bond donors (Lipinski definition) is 6. The minimum absolute atomic E-state index is 0.0120. The number of pyridine rings is 1. The highest BCUT2D eigenvalue weighted by Crippen LogP contribution is 2.17. The molecule has 0 aliphatic heterocycles. The average Bonchev–Trinajstić information content (AvgIpc) is 2.83. The lowest BCUT2D eigenvalue weighted by Crippen LogP contribution is -2.36. The fourth-order valence-electron chi connectivity index (χ4n) is 2.63. The van der Waals surface area contributed by atoms with Gasteiger partial charge in [-0.05, 0) is 48.5 Å². The molecule has 0 spiro atoms. The number of carboxylic acids is 1. The van der Waals surface area contributed by atoms with Gasteiger partial charge in [-0.25, -0.2) is 13.2 Å². The Morgan fingerprint density at radius 1 is 1.10 bits per heavy atom. The van der Waals surface area contributed by atoms with Crippen LogP contribution in [0.25, 0.3) is 0 Å². The Balaban J connectivity index is 0.00000101. The van der Waals surface area contributed by atoms with Crippen LogP contribution < -0.4 is 32.4 Å². The number of rotatable bonds is 10. The standard InChI is InChI=1S/C19H25N7O6S.C2HF3O2/c1-12-3-8-16(18(29)26(12)11-17(28)22-9-10-32-24-19(20)21)25-33(30,31)15-6-4-14(5-7-15)23-13(2)27;3-2(4,5)1(6)7/h3-8,25H,9-11H2,1-2H3,(H,22,28)(H,23,27)(H4,20,21,24);(H,6,7). The third-order valence-electron chi connectivity index (χ3n) is 4.35. The van der Waals surface area contributed by atoms with Gasteiger partial charge < -0.3 is 36.6 Å². The number of alkyl halides is 3. The number of aryl methyl sites for hydroxylation is 1.